The van der Waals surface area contributed by atoms with Gasteiger partial charge in [-0.2, -0.15) is 0 Å². The van der Waals surface area contributed by atoms with E-state index >= 15 is 0 Å². The maximum absolute atomic E-state index is 12.4. The van der Waals surface area contributed by atoms with Crippen LogP contribution in [0.25, 0.3) is 0 Å². The van der Waals surface area contributed by atoms with Gasteiger partial charge in [0.15, 0.2) is 0 Å². The van der Waals surface area contributed by atoms with Crippen molar-refractivity contribution in [3.8, 4) is 5.75 Å². The number of benzene rings is 2. The van der Waals surface area contributed by atoms with Crippen molar-refractivity contribution in [1.82, 2.24) is 5.32 Å². The predicted octanol–water partition coefficient (Wildman–Crippen LogP) is 2.62. The maximum atomic E-state index is 12.4. The Kier molecular flexibility index (Phi) is 6.29. The number of nitrogens with two attached hydrogens (primary N) is 1. The molecule has 0 saturated carbocycles. The first-order valence-electron chi connectivity index (χ1n) is 7.15. The molecule has 0 saturated heterocycles. The van der Waals surface area contributed by atoms with Crippen molar-refractivity contribution in [2.45, 2.75) is 11.3 Å². The zero-order chi connectivity index (χ0) is 18.6. The largest absolute Gasteiger partial charge is 0.496 e. The van der Waals surface area contributed by atoms with E-state index in [1.165, 1.54) is 25.3 Å². The summed E-state index contributed by atoms with van der Waals surface area (Å²) in [5.41, 5.74) is 0.910. The van der Waals surface area contributed by atoms with Crippen LogP contribution in [0.4, 0.5) is 0 Å². The van der Waals surface area contributed by atoms with Crippen LogP contribution < -0.4 is 15.2 Å². The zero-order valence-electron chi connectivity index (χ0n) is 13.3. The fourth-order valence-electron chi connectivity index (χ4n) is 2.17. The van der Waals surface area contributed by atoms with E-state index in [9.17, 15) is 13.2 Å². The summed E-state index contributed by atoms with van der Waals surface area (Å²) >= 11 is 11.9. The highest BCUT2D eigenvalue weighted by molar-refractivity contribution is 7.89. The third-order valence-corrected chi connectivity index (χ3v) is 4.94. The lowest BCUT2D eigenvalue weighted by molar-refractivity contribution is 0.0951. The van der Waals surface area contributed by atoms with Crippen molar-refractivity contribution < 1.29 is 17.9 Å². The molecule has 2 aromatic carbocycles. The molecule has 6 nitrogen and oxygen atoms in total. The number of carbonyl (C=O) groups is 1. The highest BCUT2D eigenvalue weighted by atomic mass is 35.5. The summed E-state index contributed by atoms with van der Waals surface area (Å²) < 4.78 is 28.0. The lowest BCUT2D eigenvalue weighted by Gasteiger charge is -2.11. The van der Waals surface area contributed by atoms with Gasteiger partial charge in [-0.15, -0.1) is 0 Å². The van der Waals surface area contributed by atoms with Gasteiger partial charge in [0.25, 0.3) is 5.91 Å². The number of ether oxygens (including phenoxy) is 1. The normalized spacial score (nSPS) is 11.2. The fourth-order valence-corrected chi connectivity index (χ4v) is 3.21. The monoisotopic (exact) mass is 402 g/mol. The average molecular weight is 403 g/mol. The molecule has 3 N–H and O–H groups in total. The Balaban J connectivity index is 2.12. The van der Waals surface area contributed by atoms with Crippen LogP contribution in [-0.2, 0) is 16.4 Å². The van der Waals surface area contributed by atoms with Crippen LogP contribution in [0.2, 0.25) is 10.0 Å². The molecule has 0 aromatic heterocycles. The number of carbonyl (C=O) groups excluding carboxylic acids is 1. The molecule has 0 aliphatic heterocycles. The number of hydrogen-bond acceptors (Lipinski definition) is 4. The van der Waals surface area contributed by atoms with Crippen LogP contribution in [0.5, 0.6) is 5.75 Å². The van der Waals surface area contributed by atoms with E-state index in [0.717, 1.165) is 5.56 Å². The predicted molar refractivity (Wildman–Crippen MR) is 96.9 cm³/mol. The molecular formula is C16H16Cl2N2O4S. The summed E-state index contributed by atoms with van der Waals surface area (Å²) in [4.78, 5) is 12.2. The Hall–Kier alpha value is -1.80. The van der Waals surface area contributed by atoms with Crippen LogP contribution in [0, 0.1) is 0 Å². The van der Waals surface area contributed by atoms with Crippen LogP contribution in [0.15, 0.2) is 41.3 Å². The summed E-state index contributed by atoms with van der Waals surface area (Å²) in [6.45, 7) is 0.295. The third kappa shape index (κ3) is 5.09. The number of methoxy groups -OCH3 is 1. The molecule has 2 aromatic rings. The van der Waals surface area contributed by atoms with Gasteiger partial charge in [-0.1, -0.05) is 29.3 Å². The number of primary sulfonamides is 1. The average Bonchev–Trinajstić information content (AvgIpc) is 2.55. The Morgan fingerprint density at radius 3 is 2.52 bits per heavy atom. The molecule has 25 heavy (non-hydrogen) atoms. The van der Waals surface area contributed by atoms with E-state index in [1.54, 1.807) is 18.2 Å². The van der Waals surface area contributed by atoms with Crippen LogP contribution >= 0.6 is 23.2 Å². The first-order chi connectivity index (χ1) is 11.7. The van der Waals surface area contributed by atoms with Crippen molar-refractivity contribution >= 4 is 39.1 Å². The smallest absolute Gasteiger partial charge is 0.255 e. The SMILES string of the molecule is COc1ccc(S(N)(=O)=O)cc1C(=O)NCCc1ccc(Cl)cc1Cl. The van der Waals surface area contributed by atoms with Crippen molar-refractivity contribution in [2.24, 2.45) is 5.14 Å². The van der Waals surface area contributed by atoms with E-state index in [-0.39, 0.29) is 16.2 Å². The standard InChI is InChI=1S/C16H16Cl2N2O4S/c1-24-15-5-4-12(25(19,22)23)9-13(15)16(21)20-7-6-10-2-3-11(17)8-14(10)18/h2-5,8-9H,6-7H2,1H3,(H,20,21)(H2,19,22,23). The lowest BCUT2D eigenvalue weighted by Crippen LogP contribution is -2.26. The zero-order valence-corrected chi connectivity index (χ0v) is 15.6. The second-order valence-corrected chi connectivity index (χ2v) is 7.55. The van der Waals surface area contributed by atoms with Gasteiger partial charge in [-0.05, 0) is 42.3 Å². The Labute approximate surface area is 155 Å². The number of hydrogen-bond donors (Lipinski definition) is 2. The molecule has 9 heteroatoms. The summed E-state index contributed by atoms with van der Waals surface area (Å²) in [6, 6.07) is 8.95. The van der Waals surface area contributed by atoms with E-state index < -0.39 is 15.9 Å². The minimum atomic E-state index is -3.92. The molecule has 0 unspecified atom stereocenters. The van der Waals surface area contributed by atoms with Gasteiger partial charge in [-0.3, -0.25) is 4.79 Å². The first-order valence-corrected chi connectivity index (χ1v) is 9.45. The molecule has 0 aliphatic rings. The highest BCUT2D eigenvalue weighted by Gasteiger charge is 2.17. The van der Waals surface area contributed by atoms with Crippen molar-refractivity contribution in [2.75, 3.05) is 13.7 Å². The lowest BCUT2D eigenvalue weighted by atomic mass is 10.1. The molecule has 0 fully saturated rings. The number of sulfonamides is 1. The van der Waals surface area contributed by atoms with Gasteiger partial charge in [0.05, 0.1) is 17.6 Å². The molecule has 0 bridgehead atoms. The first kappa shape index (κ1) is 19.5. The summed E-state index contributed by atoms with van der Waals surface area (Å²) in [5, 5.41) is 8.83. The van der Waals surface area contributed by atoms with Crippen molar-refractivity contribution in [3.63, 3.8) is 0 Å². The molecular weight excluding hydrogens is 387 g/mol. The topological polar surface area (TPSA) is 98.5 Å². The number of amides is 1. The van der Waals surface area contributed by atoms with E-state index in [4.69, 9.17) is 33.1 Å². The molecule has 0 aliphatic carbocycles. The summed E-state index contributed by atoms with van der Waals surface area (Å²) in [7, 11) is -2.54. The van der Waals surface area contributed by atoms with Gasteiger partial charge in [0.1, 0.15) is 5.75 Å². The quantitative estimate of drug-likeness (QED) is 0.775. The van der Waals surface area contributed by atoms with Crippen LogP contribution in [0.1, 0.15) is 15.9 Å². The van der Waals surface area contributed by atoms with Gasteiger partial charge in [0, 0.05) is 16.6 Å². The van der Waals surface area contributed by atoms with Crippen LogP contribution in [-0.4, -0.2) is 28.0 Å². The molecule has 0 heterocycles. The highest BCUT2D eigenvalue weighted by Crippen LogP contribution is 2.23. The number of halogens is 2. The molecule has 0 spiro atoms. The van der Waals surface area contributed by atoms with Crippen LogP contribution in [0.3, 0.4) is 0 Å². The van der Waals surface area contributed by atoms with Crippen molar-refractivity contribution in [3.05, 3.63) is 57.6 Å². The Bertz CT molecular complexity index is 901. The van der Waals surface area contributed by atoms with Gasteiger partial charge in [0.2, 0.25) is 10.0 Å². The van der Waals surface area contributed by atoms with E-state index in [2.05, 4.69) is 5.32 Å². The summed E-state index contributed by atoms with van der Waals surface area (Å²) in [5.74, 6) is -0.234. The summed E-state index contributed by atoms with van der Waals surface area (Å²) in [6.07, 6.45) is 0.485. The van der Waals surface area contributed by atoms with E-state index in [1.807, 2.05) is 0 Å². The van der Waals surface area contributed by atoms with Crippen molar-refractivity contribution in [1.29, 1.82) is 0 Å². The Morgan fingerprint density at radius 2 is 1.92 bits per heavy atom. The third-order valence-electron chi connectivity index (χ3n) is 3.44. The molecule has 134 valence electrons. The minimum Gasteiger partial charge on any atom is -0.496 e. The Morgan fingerprint density at radius 1 is 1.20 bits per heavy atom. The maximum Gasteiger partial charge on any atom is 0.255 e. The number of rotatable bonds is 6. The second kappa shape index (κ2) is 8.05. The van der Waals surface area contributed by atoms with Gasteiger partial charge < -0.3 is 10.1 Å². The second-order valence-electron chi connectivity index (χ2n) is 5.15. The molecule has 0 atom stereocenters. The van der Waals surface area contributed by atoms with Gasteiger partial charge >= 0.3 is 0 Å². The molecule has 0 radical (unpaired) electrons. The van der Waals surface area contributed by atoms with E-state index in [0.29, 0.717) is 23.0 Å². The fraction of sp³-hybridized carbons (Fsp3) is 0.188. The molecule has 1 amide bonds. The minimum absolute atomic E-state index is 0.0798. The molecule has 2 rings (SSSR count). The van der Waals surface area contributed by atoms with Gasteiger partial charge in [-0.25, -0.2) is 13.6 Å². The number of nitrogens with one attached hydrogen (secondary N) is 1.